The Bertz CT molecular complexity index is 356. The van der Waals surface area contributed by atoms with Gasteiger partial charge >= 0.3 is 6.18 Å². The van der Waals surface area contributed by atoms with Crippen LogP contribution >= 0.6 is 0 Å². The second-order valence-corrected chi connectivity index (χ2v) is 3.66. The number of nitrogens with one attached hydrogen (secondary N) is 1. The monoisotopic (exact) mass is 268 g/mol. The van der Waals surface area contributed by atoms with Gasteiger partial charge in [0.15, 0.2) is 6.10 Å². The van der Waals surface area contributed by atoms with Crippen molar-refractivity contribution in [2.24, 2.45) is 0 Å². The number of hydrogen-bond acceptors (Lipinski definition) is 5. The maximum atomic E-state index is 12.1. The molecule has 104 valence electrons. The smallest absolute Gasteiger partial charge is 0.383 e. The standard InChI is InChI=1S/C9H15F3N4O2/c1-18-3-2-13-4-7-5-16(15-14-7)6-8(17)9(10,11)12/h5,8,13,17H,2-4,6H2,1H3. The molecular formula is C9H15F3N4O2. The molecule has 0 aromatic carbocycles. The Kier molecular flexibility index (Phi) is 5.51. The first kappa shape index (κ1) is 14.9. The van der Waals surface area contributed by atoms with Crippen molar-refractivity contribution in [2.45, 2.75) is 25.4 Å². The number of aromatic nitrogens is 3. The lowest BCUT2D eigenvalue weighted by atomic mass is 10.3. The second-order valence-electron chi connectivity index (χ2n) is 3.66. The number of aliphatic hydroxyl groups excluding tert-OH is 1. The Morgan fingerprint density at radius 3 is 2.89 bits per heavy atom. The minimum Gasteiger partial charge on any atom is -0.383 e. The third-order valence-electron chi connectivity index (χ3n) is 2.11. The topological polar surface area (TPSA) is 72.2 Å². The van der Waals surface area contributed by atoms with Gasteiger partial charge in [-0.2, -0.15) is 13.2 Å². The molecule has 0 bridgehead atoms. The molecule has 0 aliphatic heterocycles. The van der Waals surface area contributed by atoms with E-state index in [-0.39, 0.29) is 0 Å². The Hall–Kier alpha value is -1.19. The summed E-state index contributed by atoms with van der Waals surface area (Å²) in [6, 6.07) is 0. The fraction of sp³-hybridized carbons (Fsp3) is 0.778. The molecule has 0 saturated carbocycles. The highest BCUT2D eigenvalue weighted by molar-refractivity contribution is 4.91. The maximum Gasteiger partial charge on any atom is 0.416 e. The highest BCUT2D eigenvalue weighted by Crippen LogP contribution is 2.20. The molecule has 0 aliphatic carbocycles. The number of hydrogen-bond donors (Lipinski definition) is 2. The fourth-order valence-corrected chi connectivity index (χ4v) is 1.18. The molecule has 0 aliphatic rings. The molecule has 1 aromatic rings. The van der Waals surface area contributed by atoms with Gasteiger partial charge in [-0.15, -0.1) is 5.10 Å². The van der Waals surface area contributed by atoms with Gasteiger partial charge in [0.1, 0.15) is 0 Å². The zero-order valence-corrected chi connectivity index (χ0v) is 9.81. The van der Waals surface area contributed by atoms with Gasteiger partial charge in [-0.3, -0.25) is 0 Å². The van der Waals surface area contributed by atoms with Gasteiger partial charge in [0.25, 0.3) is 0 Å². The van der Waals surface area contributed by atoms with Gasteiger partial charge in [-0.1, -0.05) is 5.21 Å². The third kappa shape index (κ3) is 4.98. The first-order valence-corrected chi connectivity index (χ1v) is 5.27. The van der Waals surface area contributed by atoms with Crippen LogP contribution in [0.25, 0.3) is 0 Å². The van der Waals surface area contributed by atoms with E-state index < -0.39 is 18.8 Å². The third-order valence-corrected chi connectivity index (χ3v) is 2.11. The van der Waals surface area contributed by atoms with Crippen molar-refractivity contribution in [3.63, 3.8) is 0 Å². The van der Waals surface area contributed by atoms with Crippen LogP contribution in [0.5, 0.6) is 0 Å². The Morgan fingerprint density at radius 1 is 1.56 bits per heavy atom. The van der Waals surface area contributed by atoms with Crippen LogP contribution in [-0.2, 0) is 17.8 Å². The maximum absolute atomic E-state index is 12.1. The van der Waals surface area contributed by atoms with Crippen molar-refractivity contribution in [1.82, 2.24) is 20.3 Å². The van der Waals surface area contributed by atoms with Gasteiger partial charge in [-0.25, -0.2) is 4.68 Å². The molecule has 2 N–H and O–H groups in total. The first-order chi connectivity index (χ1) is 8.43. The molecule has 0 saturated heterocycles. The molecule has 1 unspecified atom stereocenters. The number of halogens is 3. The predicted molar refractivity (Wildman–Crippen MR) is 55.7 cm³/mol. The molecular weight excluding hydrogens is 253 g/mol. The van der Waals surface area contributed by atoms with Crippen LogP contribution in [0, 0.1) is 0 Å². The molecule has 18 heavy (non-hydrogen) atoms. The van der Waals surface area contributed by atoms with Crippen molar-refractivity contribution in [1.29, 1.82) is 0 Å². The number of methoxy groups -OCH3 is 1. The summed E-state index contributed by atoms with van der Waals surface area (Å²) in [5, 5.41) is 19.0. The van der Waals surface area contributed by atoms with Crippen molar-refractivity contribution in [2.75, 3.05) is 20.3 Å². The SMILES string of the molecule is COCCNCc1cn(CC(O)C(F)(F)F)nn1. The molecule has 0 amide bonds. The number of nitrogens with zero attached hydrogens (tertiary/aromatic N) is 3. The molecule has 1 rings (SSSR count). The van der Waals surface area contributed by atoms with Gasteiger partial charge in [-0.05, 0) is 0 Å². The number of rotatable bonds is 7. The normalized spacial score (nSPS) is 13.8. The van der Waals surface area contributed by atoms with Crippen molar-refractivity contribution in [3.8, 4) is 0 Å². The molecule has 1 atom stereocenters. The van der Waals surface area contributed by atoms with Crippen molar-refractivity contribution in [3.05, 3.63) is 11.9 Å². The highest BCUT2D eigenvalue weighted by atomic mass is 19.4. The largest absolute Gasteiger partial charge is 0.416 e. The molecule has 9 heteroatoms. The van der Waals surface area contributed by atoms with Crippen LogP contribution in [0.4, 0.5) is 13.2 Å². The van der Waals surface area contributed by atoms with E-state index in [0.29, 0.717) is 25.4 Å². The van der Waals surface area contributed by atoms with Gasteiger partial charge in [0.05, 0.1) is 18.8 Å². The quantitative estimate of drug-likeness (QED) is 0.678. The summed E-state index contributed by atoms with van der Waals surface area (Å²) >= 11 is 0. The number of aliphatic hydroxyl groups is 1. The van der Waals surface area contributed by atoms with Crippen LogP contribution in [0.3, 0.4) is 0 Å². The van der Waals surface area contributed by atoms with E-state index in [0.717, 1.165) is 4.68 Å². The summed E-state index contributed by atoms with van der Waals surface area (Å²) in [6.45, 7) is 0.857. The van der Waals surface area contributed by atoms with Crippen molar-refractivity contribution >= 4 is 0 Å². The van der Waals surface area contributed by atoms with E-state index in [1.165, 1.54) is 6.20 Å². The summed E-state index contributed by atoms with van der Waals surface area (Å²) < 4.78 is 42.1. The van der Waals surface area contributed by atoms with Crippen LogP contribution in [-0.4, -0.2) is 52.6 Å². The van der Waals surface area contributed by atoms with E-state index in [2.05, 4.69) is 15.6 Å². The Balaban J connectivity index is 2.39. The molecule has 1 aromatic heterocycles. The van der Waals surface area contributed by atoms with Crippen LogP contribution in [0.2, 0.25) is 0 Å². The minimum atomic E-state index is -4.65. The van der Waals surface area contributed by atoms with Crippen LogP contribution < -0.4 is 5.32 Å². The molecule has 6 nitrogen and oxygen atoms in total. The van der Waals surface area contributed by atoms with E-state index in [1.807, 2.05) is 0 Å². The van der Waals surface area contributed by atoms with E-state index in [1.54, 1.807) is 7.11 Å². The molecule has 1 heterocycles. The lowest BCUT2D eigenvalue weighted by Crippen LogP contribution is -2.33. The number of ether oxygens (including phenoxy) is 1. The van der Waals surface area contributed by atoms with E-state index in [9.17, 15) is 13.2 Å². The van der Waals surface area contributed by atoms with Crippen molar-refractivity contribution < 1.29 is 23.0 Å². The molecule has 0 spiro atoms. The zero-order chi connectivity index (χ0) is 13.6. The predicted octanol–water partition coefficient (Wildman–Crippen LogP) is -0.0627. The van der Waals surface area contributed by atoms with Gasteiger partial charge in [0.2, 0.25) is 0 Å². The van der Waals surface area contributed by atoms with E-state index in [4.69, 9.17) is 9.84 Å². The average Bonchev–Trinajstić information content (AvgIpc) is 2.71. The summed E-state index contributed by atoms with van der Waals surface area (Å²) in [6.07, 6.45) is -5.73. The zero-order valence-electron chi connectivity index (χ0n) is 9.81. The Labute approximate surface area is 102 Å². The summed E-state index contributed by atoms with van der Waals surface area (Å²) in [5.41, 5.74) is 0.500. The minimum absolute atomic E-state index is 0.380. The highest BCUT2D eigenvalue weighted by Gasteiger charge is 2.38. The summed E-state index contributed by atoms with van der Waals surface area (Å²) in [7, 11) is 1.57. The molecule has 0 radical (unpaired) electrons. The number of alkyl halides is 3. The van der Waals surface area contributed by atoms with Gasteiger partial charge in [0, 0.05) is 26.4 Å². The summed E-state index contributed by atoms with van der Waals surface area (Å²) in [5.74, 6) is 0. The van der Waals surface area contributed by atoms with Crippen LogP contribution in [0.15, 0.2) is 6.20 Å². The van der Waals surface area contributed by atoms with Crippen LogP contribution in [0.1, 0.15) is 5.69 Å². The Morgan fingerprint density at radius 2 is 2.28 bits per heavy atom. The average molecular weight is 268 g/mol. The van der Waals surface area contributed by atoms with Gasteiger partial charge < -0.3 is 15.2 Å². The second kappa shape index (κ2) is 6.66. The first-order valence-electron chi connectivity index (χ1n) is 5.27. The molecule has 0 fully saturated rings. The lowest BCUT2D eigenvalue weighted by molar-refractivity contribution is -0.208. The lowest BCUT2D eigenvalue weighted by Gasteiger charge is -2.13. The van der Waals surface area contributed by atoms with E-state index >= 15 is 0 Å². The fourth-order valence-electron chi connectivity index (χ4n) is 1.18. The summed E-state index contributed by atoms with van der Waals surface area (Å²) in [4.78, 5) is 0.